The number of aliphatic carboxylic acids is 1. The summed E-state index contributed by atoms with van der Waals surface area (Å²) in [6.45, 7) is 9.26. The van der Waals surface area contributed by atoms with Crippen LogP contribution in [0.1, 0.15) is 150 Å². The van der Waals surface area contributed by atoms with Crippen LogP contribution in [-0.4, -0.2) is 106 Å². The Bertz CT molecular complexity index is 1030. The highest BCUT2D eigenvalue weighted by Crippen LogP contribution is 2.17. The molecule has 0 aliphatic rings. The van der Waals surface area contributed by atoms with Gasteiger partial charge in [-0.05, 0) is 26.2 Å². The first-order valence-electron chi connectivity index (χ1n) is 20.4. The smallest absolute Gasteiger partial charge is 0.306 e. The standard InChI is InChI=1S/C41H74N2O11/c1-34(44)19-17-15-13-11-9-7-5-6-8-10-12-14-16-18-20-36(45)31-35(40(49)50)21-22-38(47)42-23-25-51-28-30-54-33-39(48)43-24-26-52-27-29-53-32-37(46)41(2,3)4/h35H,5-33H2,1-4H3,(H,42,47)(H,43,48)(H,49,50)/t35-/m1/s1. The first-order valence-corrected chi connectivity index (χ1v) is 20.4. The summed E-state index contributed by atoms with van der Waals surface area (Å²) < 4.78 is 21.3. The lowest BCUT2D eigenvalue weighted by molar-refractivity contribution is -0.144. The zero-order valence-electron chi connectivity index (χ0n) is 34.1. The second kappa shape index (κ2) is 34.7. The van der Waals surface area contributed by atoms with Crippen LogP contribution in [0.2, 0.25) is 0 Å². The van der Waals surface area contributed by atoms with Gasteiger partial charge in [0.05, 0.1) is 45.6 Å². The van der Waals surface area contributed by atoms with E-state index in [0.29, 0.717) is 38.6 Å². The molecule has 0 rings (SSSR count). The number of amides is 2. The summed E-state index contributed by atoms with van der Waals surface area (Å²) in [7, 11) is 0. The van der Waals surface area contributed by atoms with Crippen molar-refractivity contribution in [3.63, 3.8) is 0 Å². The Labute approximate surface area is 325 Å². The van der Waals surface area contributed by atoms with Crippen molar-refractivity contribution >= 4 is 35.1 Å². The minimum Gasteiger partial charge on any atom is -0.481 e. The van der Waals surface area contributed by atoms with Crippen molar-refractivity contribution in [3.8, 4) is 0 Å². The SMILES string of the molecule is CC(=O)CCCCCCCCCCCCCCCCC(=O)C[C@@H](CCC(=O)NCCOCCOCC(=O)NCCOCCOCC(=O)C(C)(C)C)C(=O)O. The number of ketones is 3. The Balaban J connectivity index is 3.67. The van der Waals surface area contributed by atoms with Gasteiger partial charge in [-0.1, -0.05) is 97.8 Å². The Morgan fingerprint density at radius 1 is 0.537 bits per heavy atom. The van der Waals surface area contributed by atoms with Gasteiger partial charge in [0.2, 0.25) is 11.8 Å². The van der Waals surface area contributed by atoms with Gasteiger partial charge in [-0.15, -0.1) is 0 Å². The number of hydrogen-bond donors (Lipinski definition) is 3. The molecule has 0 saturated heterocycles. The number of carboxylic acid groups (broad SMARTS) is 1. The van der Waals surface area contributed by atoms with Gasteiger partial charge >= 0.3 is 5.97 Å². The van der Waals surface area contributed by atoms with Crippen LogP contribution in [0.5, 0.6) is 0 Å². The maximum atomic E-state index is 12.4. The van der Waals surface area contributed by atoms with E-state index >= 15 is 0 Å². The quantitative estimate of drug-likeness (QED) is 0.0608. The highest BCUT2D eigenvalue weighted by Gasteiger charge is 2.22. The van der Waals surface area contributed by atoms with E-state index in [1.807, 2.05) is 20.8 Å². The Morgan fingerprint density at radius 2 is 0.963 bits per heavy atom. The van der Waals surface area contributed by atoms with Crippen molar-refractivity contribution in [3.05, 3.63) is 0 Å². The number of Topliss-reactive ketones (excluding diaryl/α,β-unsaturated/α-hetero) is 3. The van der Waals surface area contributed by atoms with Crippen LogP contribution >= 0.6 is 0 Å². The van der Waals surface area contributed by atoms with Crippen LogP contribution < -0.4 is 10.6 Å². The van der Waals surface area contributed by atoms with E-state index in [1.54, 1.807) is 6.92 Å². The van der Waals surface area contributed by atoms with Crippen molar-refractivity contribution in [2.75, 3.05) is 65.9 Å². The molecule has 13 nitrogen and oxygen atoms in total. The molecular weight excluding hydrogens is 696 g/mol. The van der Waals surface area contributed by atoms with Crippen LogP contribution in [0.25, 0.3) is 0 Å². The third-order valence-corrected chi connectivity index (χ3v) is 8.96. The second-order valence-corrected chi connectivity index (χ2v) is 15.2. The average molecular weight is 771 g/mol. The van der Waals surface area contributed by atoms with E-state index in [1.165, 1.54) is 51.4 Å². The predicted octanol–water partition coefficient (Wildman–Crippen LogP) is 6.17. The maximum Gasteiger partial charge on any atom is 0.306 e. The third kappa shape index (κ3) is 35.0. The summed E-state index contributed by atoms with van der Waals surface area (Å²) in [4.78, 5) is 70.8. The molecule has 0 saturated carbocycles. The highest BCUT2D eigenvalue weighted by atomic mass is 16.5. The summed E-state index contributed by atoms with van der Waals surface area (Å²) in [5.74, 6) is -2.26. The van der Waals surface area contributed by atoms with E-state index in [4.69, 9.17) is 18.9 Å². The fourth-order valence-corrected chi connectivity index (χ4v) is 5.46. The molecule has 0 aromatic heterocycles. The largest absolute Gasteiger partial charge is 0.481 e. The van der Waals surface area contributed by atoms with E-state index in [9.17, 15) is 33.9 Å². The second-order valence-electron chi connectivity index (χ2n) is 15.2. The van der Waals surface area contributed by atoms with Crippen molar-refractivity contribution in [1.29, 1.82) is 0 Å². The average Bonchev–Trinajstić information content (AvgIpc) is 3.11. The fourth-order valence-electron chi connectivity index (χ4n) is 5.46. The molecule has 0 aromatic rings. The van der Waals surface area contributed by atoms with Crippen molar-refractivity contribution in [1.82, 2.24) is 10.6 Å². The zero-order chi connectivity index (χ0) is 40.3. The van der Waals surface area contributed by atoms with Crippen molar-refractivity contribution in [2.45, 2.75) is 150 Å². The molecule has 54 heavy (non-hydrogen) atoms. The number of carbonyl (C=O) groups is 6. The maximum absolute atomic E-state index is 12.4. The molecule has 0 radical (unpaired) electrons. The molecule has 0 aliphatic carbocycles. The summed E-state index contributed by atoms with van der Waals surface area (Å²) in [5, 5.41) is 14.9. The molecule has 0 bridgehead atoms. The van der Waals surface area contributed by atoms with Gasteiger partial charge in [0.1, 0.15) is 24.8 Å². The van der Waals surface area contributed by atoms with Crippen LogP contribution in [0.15, 0.2) is 0 Å². The Hall–Kier alpha value is -2.74. The number of carboxylic acids is 1. The fraction of sp³-hybridized carbons (Fsp3) is 0.854. The molecule has 0 aromatic carbocycles. The minimum atomic E-state index is -1.06. The van der Waals surface area contributed by atoms with Crippen LogP contribution in [0, 0.1) is 11.3 Å². The van der Waals surface area contributed by atoms with Crippen LogP contribution in [-0.2, 0) is 47.7 Å². The van der Waals surface area contributed by atoms with Gasteiger partial charge in [0.15, 0.2) is 5.78 Å². The third-order valence-electron chi connectivity index (χ3n) is 8.96. The van der Waals surface area contributed by atoms with Crippen LogP contribution in [0.4, 0.5) is 0 Å². The van der Waals surface area contributed by atoms with E-state index in [2.05, 4.69) is 10.6 Å². The van der Waals surface area contributed by atoms with E-state index in [0.717, 1.165) is 44.9 Å². The molecule has 314 valence electrons. The molecule has 0 spiro atoms. The van der Waals surface area contributed by atoms with E-state index < -0.39 is 17.3 Å². The first kappa shape index (κ1) is 51.3. The number of hydrogen-bond acceptors (Lipinski definition) is 10. The number of unbranched alkanes of at least 4 members (excludes halogenated alkanes) is 13. The molecule has 3 N–H and O–H groups in total. The number of nitrogens with one attached hydrogen (secondary N) is 2. The van der Waals surface area contributed by atoms with Gasteiger partial charge in [-0.25, -0.2) is 0 Å². The lowest BCUT2D eigenvalue weighted by Gasteiger charge is -2.16. The molecule has 0 fully saturated rings. The summed E-state index contributed by atoms with van der Waals surface area (Å²) in [5.41, 5.74) is -0.431. The summed E-state index contributed by atoms with van der Waals surface area (Å²) >= 11 is 0. The van der Waals surface area contributed by atoms with Gasteiger partial charge in [-0.3, -0.25) is 24.0 Å². The monoisotopic (exact) mass is 771 g/mol. The Kier molecular flexibility index (Phi) is 33.0. The van der Waals surface area contributed by atoms with Gasteiger partial charge in [0, 0.05) is 44.2 Å². The van der Waals surface area contributed by atoms with Gasteiger partial charge in [-0.2, -0.15) is 0 Å². The number of ether oxygens (including phenoxy) is 4. The predicted molar refractivity (Wildman–Crippen MR) is 208 cm³/mol. The molecular formula is C41H74N2O11. The lowest BCUT2D eigenvalue weighted by Crippen LogP contribution is -2.31. The summed E-state index contributed by atoms with van der Waals surface area (Å²) in [6.07, 6.45) is 17.4. The lowest BCUT2D eigenvalue weighted by atomic mass is 9.91. The van der Waals surface area contributed by atoms with Gasteiger partial charge in [0.25, 0.3) is 0 Å². The molecule has 1 atom stereocenters. The molecule has 13 heteroatoms. The van der Waals surface area contributed by atoms with Crippen molar-refractivity contribution < 1.29 is 52.8 Å². The number of rotatable bonds is 39. The first-order chi connectivity index (χ1) is 25.8. The normalized spacial score (nSPS) is 12.0. The summed E-state index contributed by atoms with van der Waals surface area (Å²) in [6, 6.07) is 0. The van der Waals surface area contributed by atoms with E-state index in [-0.39, 0.29) is 82.2 Å². The Morgan fingerprint density at radius 3 is 1.43 bits per heavy atom. The molecule has 0 aliphatic heterocycles. The van der Waals surface area contributed by atoms with Crippen LogP contribution in [0.3, 0.4) is 0 Å². The van der Waals surface area contributed by atoms with Crippen molar-refractivity contribution in [2.24, 2.45) is 11.3 Å². The van der Waals surface area contributed by atoms with Gasteiger partial charge < -0.3 is 39.5 Å². The number of carbonyl (C=O) groups excluding carboxylic acids is 5. The highest BCUT2D eigenvalue weighted by molar-refractivity contribution is 5.85. The molecule has 0 heterocycles. The minimum absolute atomic E-state index is 0.0158. The molecule has 0 unspecified atom stereocenters. The zero-order valence-corrected chi connectivity index (χ0v) is 34.1. The molecule has 2 amide bonds. The topological polar surface area (TPSA) is 184 Å².